The van der Waals surface area contributed by atoms with Gasteiger partial charge in [-0.25, -0.2) is 0 Å². The highest BCUT2D eigenvalue weighted by atomic mass is 16.2. The first kappa shape index (κ1) is 15.0. The molecular formula is C14H25N5O. The molecule has 1 aromatic rings. The van der Waals surface area contributed by atoms with E-state index in [1.807, 2.05) is 7.05 Å². The van der Waals surface area contributed by atoms with Crippen LogP contribution in [0, 0.1) is 0 Å². The summed E-state index contributed by atoms with van der Waals surface area (Å²) in [4.78, 5) is 14.3. The van der Waals surface area contributed by atoms with E-state index in [0.29, 0.717) is 12.6 Å². The van der Waals surface area contributed by atoms with Crippen molar-refractivity contribution in [2.24, 2.45) is 12.8 Å². The van der Waals surface area contributed by atoms with E-state index >= 15 is 0 Å². The quantitative estimate of drug-likeness (QED) is 0.791. The van der Waals surface area contributed by atoms with Crippen molar-refractivity contribution in [1.29, 1.82) is 0 Å². The second kappa shape index (κ2) is 6.85. The molecule has 1 aromatic heterocycles. The molecule has 1 saturated carbocycles. The minimum absolute atomic E-state index is 0.141. The van der Waals surface area contributed by atoms with Gasteiger partial charge in [-0.2, -0.15) is 5.10 Å². The summed E-state index contributed by atoms with van der Waals surface area (Å²) >= 11 is 0. The van der Waals surface area contributed by atoms with E-state index < -0.39 is 6.04 Å². The molecule has 20 heavy (non-hydrogen) atoms. The van der Waals surface area contributed by atoms with Crippen molar-refractivity contribution in [1.82, 2.24) is 20.0 Å². The van der Waals surface area contributed by atoms with Crippen LogP contribution in [0.2, 0.25) is 0 Å². The number of likely N-dealkylation sites (N-methyl/N-ethyl adjacent to an activating group) is 1. The number of amides is 1. The van der Waals surface area contributed by atoms with Crippen LogP contribution in [0.1, 0.15) is 37.3 Å². The predicted molar refractivity (Wildman–Crippen MR) is 78.0 cm³/mol. The van der Waals surface area contributed by atoms with Crippen molar-refractivity contribution >= 4 is 5.91 Å². The van der Waals surface area contributed by atoms with Gasteiger partial charge in [-0.3, -0.25) is 9.48 Å². The molecule has 1 aliphatic rings. The smallest absolute Gasteiger partial charge is 0.241 e. The van der Waals surface area contributed by atoms with Gasteiger partial charge < -0.3 is 16.0 Å². The summed E-state index contributed by atoms with van der Waals surface area (Å²) in [5.41, 5.74) is 6.66. The topological polar surface area (TPSA) is 76.2 Å². The molecule has 2 rings (SSSR count). The van der Waals surface area contributed by atoms with Crippen molar-refractivity contribution in [3.63, 3.8) is 0 Å². The molecule has 6 heteroatoms. The van der Waals surface area contributed by atoms with E-state index in [4.69, 9.17) is 5.73 Å². The fourth-order valence-corrected chi connectivity index (χ4v) is 2.75. The van der Waals surface area contributed by atoms with E-state index in [1.165, 1.54) is 25.7 Å². The van der Waals surface area contributed by atoms with Gasteiger partial charge in [-0.05, 0) is 19.9 Å². The summed E-state index contributed by atoms with van der Waals surface area (Å²) in [6, 6.07) is 0.0411. The maximum absolute atomic E-state index is 12.0. The molecule has 6 nitrogen and oxygen atoms in total. The van der Waals surface area contributed by atoms with Gasteiger partial charge in [0.25, 0.3) is 0 Å². The second-order valence-electron chi connectivity index (χ2n) is 5.63. The maximum atomic E-state index is 12.0. The first-order valence-electron chi connectivity index (χ1n) is 7.30. The third-order valence-electron chi connectivity index (χ3n) is 4.08. The van der Waals surface area contributed by atoms with Crippen molar-refractivity contribution in [2.75, 3.05) is 20.1 Å². The molecule has 1 unspecified atom stereocenters. The van der Waals surface area contributed by atoms with Crippen molar-refractivity contribution in [3.05, 3.63) is 18.0 Å². The third-order valence-corrected chi connectivity index (χ3v) is 4.08. The number of nitrogens with two attached hydrogens (primary N) is 1. The Labute approximate surface area is 120 Å². The highest BCUT2D eigenvalue weighted by Crippen LogP contribution is 2.21. The molecule has 1 heterocycles. The average molecular weight is 279 g/mol. The summed E-state index contributed by atoms with van der Waals surface area (Å²) in [7, 11) is 3.94. The predicted octanol–water partition coefficient (Wildman–Crippen LogP) is 0.411. The number of nitrogens with one attached hydrogen (secondary N) is 1. The lowest BCUT2D eigenvalue weighted by atomic mass is 10.1. The van der Waals surface area contributed by atoms with Crippen molar-refractivity contribution in [3.8, 4) is 0 Å². The number of carbonyl (C=O) groups excluding carboxylic acids is 1. The molecule has 3 N–H and O–H groups in total. The molecule has 0 aliphatic heterocycles. The number of aryl methyl sites for hydroxylation is 1. The zero-order valence-electron chi connectivity index (χ0n) is 12.4. The molecule has 0 saturated heterocycles. The lowest BCUT2D eigenvalue weighted by Crippen LogP contribution is -2.40. The Morgan fingerprint density at radius 2 is 2.30 bits per heavy atom. The summed E-state index contributed by atoms with van der Waals surface area (Å²) in [5.74, 6) is -0.141. The van der Waals surface area contributed by atoms with Crippen LogP contribution in [0.25, 0.3) is 0 Å². The van der Waals surface area contributed by atoms with Crippen LogP contribution in [-0.4, -0.2) is 46.8 Å². The minimum Gasteiger partial charge on any atom is -0.353 e. The van der Waals surface area contributed by atoms with E-state index in [0.717, 1.165) is 12.1 Å². The summed E-state index contributed by atoms with van der Waals surface area (Å²) in [6.45, 7) is 1.51. The van der Waals surface area contributed by atoms with E-state index in [1.54, 1.807) is 17.1 Å². The van der Waals surface area contributed by atoms with Gasteiger partial charge in [0, 0.05) is 37.9 Å². The molecule has 0 aromatic carbocycles. The number of hydrogen-bond acceptors (Lipinski definition) is 4. The fourth-order valence-electron chi connectivity index (χ4n) is 2.75. The van der Waals surface area contributed by atoms with E-state index in [2.05, 4.69) is 22.4 Å². The SMILES string of the molecule is CN(CCNC(=O)C(N)c1cnn(C)c1)C1CCCC1. The summed E-state index contributed by atoms with van der Waals surface area (Å²) in [6.07, 6.45) is 8.61. The number of rotatable bonds is 6. The second-order valence-corrected chi connectivity index (χ2v) is 5.63. The van der Waals surface area contributed by atoms with Gasteiger partial charge in [0.05, 0.1) is 6.20 Å². The molecule has 0 radical (unpaired) electrons. The Hall–Kier alpha value is -1.40. The molecule has 1 fully saturated rings. The van der Waals surface area contributed by atoms with Crippen LogP contribution in [0.4, 0.5) is 0 Å². The molecular weight excluding hydrogens is 254 g/mol. The number of aromatic nitrogens is 2. The normalized spacial score (nSPS) is 17.6. The number of nitrogens with zero attached hydrogens (tertiary/aromatic N) is 3. The largest absolute Gasteiger partial charge is 0.353 e. The van der Waals surface area contributed by atoms with Gasteiger partial charge >= 0.3 is 0 Å². The molecule has 0 spiro atoms. The Balaban J connectivity index is 1.71. The van der Waals surface area contributed by atoms with E-state index in [9.17, 15) is 4.79 Å². The van der Waals surface area contributed by atoms with Crippen LogP contribution < -0.4 is 11.1 Å². The van der Waals surface area contributed by atoms with Crippen LogP contribution >= 0.6 is 0 Å². The fraction of sp³-hybridized carbons (Fsp3) is 0.714. The average Bonchev–Trinajstić information content (AvgIpc) is 3.08. The molecule has 1 amide bonds. The van der Waals surface area contributed by atoms with Gasteiger partial charge in [-0.1, -0.05) is 12.8 Å². The highest BCUT2D eigenvalue weighted by molar-refractivity contribution is 5.82. The molecule has 112 valence electrons. The van der Waals surface area contributed by atoms with Gasteiger partial charge in [0.15, 0.2) is 0 Å². The molecule has 1 aliphatic carbocycles. The Kier molecular flexibility index (Phi) is 5.14. The maximum Gasteiger partial charge on any atom is 0.241 e. The lowest BCUT2D eigenvalue weighted by molar-refractivity contribution is -0.122. The zero-order valence-corrected chi connectivity index (χ0v) is 12.4. The summed E-state index contributed by atoms with van der Waals surface area (Å²) in [5, 5.41) is 6.93. The standard InChI is InChI=1S/C14H25N5O/c1-18(12-5-3-4-6-12)8-7-16-14(20)13(15)11-9-17-19(2)10-11/h9-10,12-13H,3-8,15H2,1-2H3,(H,16,20). The van der Waals surface area contributed by atoms with Crippen LogP contribution in [0.5, 0.6) is 0 Å². The van der Waals surface area contributed by atoms with Crippen LogP contribution in [-0.2, 0) is 11.8 Å². The van der Waals surface area contributed by atoms with Gasteiger partial charge in [0.2, 0.25) is 5.91 Å². The van der Waals surface area contributed by atoms with E-state index in [-0.39, 0.29) is 5.91 Å². The minimum atomic E-state index is -0.638. The Bertz CT molecular complexity index is 439. The van der Waals surface area contributed by atoms with Crippen LogP contribution in [0.15, 0.2) is 12.4 Å². The number of hydrogen-bond donors (Lipinski definition) is 2. The highest BCUT2D eigenvalue weighted by Gasteiger charge is 2.20. The summed E-state index contributed by atoms with van der Waals surface area (Å²) < 4.78 is 1.65. The Morgan fingerprint density at radius 3 is 2.90 bits per heavy atom. The lowest BCUT2D eigenvalue weighted by Gasteiger charge is -2.24. The third kappa shape index (κ3) is 3.80. The Morgan fingerprint density at radius 1 is 1.60 bits per heavy atom. The first-order valence-corrected chi connectivity index (χ1v) is 7.30. The zero-order chi connectivity index (χ0) is 14.5. The van der Waals surface area contributed by atoms with Crippen LogP contribution in [0.3, 0.4) is 0 Å². The van der Waals surface area contributed by atoms with Crippen molar-refractivity contribution < 1.29 is 4.79 Å². The monoisotopic (exact) mass is 279 g/mol. The van der Waals surface area contributed by atoms with Crippen molar-refractivity contribution in [2.45, 2.75) is 37.8 Å². The first-order chi connectivity index (χ1) is 9.58. The number of carbonyl (C=O) groups is 1. The van der Waals surface area contributed by atoms with Gasteiger partial charge in [0.1, 0.15) is 6.04 Å². The van der Waals surface area contributed by atoms with Gasteiger partial charge in [-0.15, -0.1) is 0 Å². The molecule has 1 atom stereocenters. The molecule has 0 bridgehead atoms.